The van der Waals surface area contributed by atoms with Crippen LogP contribution in [-0.4, -0.2) is 31.3 Å². The predicted molar refractivity (Wildman–Crippen MR) is 85.4 cm³/mol. The number of nitro benzene ring substituents is 1. The number of rotatable bonds is 2. The first kappa shape index (κ1) is 16.6. The lowest BCUT2D eigenvalue weighted by Gasteiger charge is -2.42. The number of non-ortho nitro benzene ring substituents is 1. The molecule has 9 heteroatoms. The minimum Gasteiger partial charge on any atom is -0.485 e. The van der Waals surface area contributed by atoms with Crippen LogP contribution in [0.2, 0.25) is 0 Å². The number of nitriles is 1. The number of fused-ring (bicyclic) bond motifs is 1. The van der Waals surface area contributed by atoms with E-state index in [9.17, 15) is 15.2 Å². The van der Waals surface area contributed by atoms with Crippen LogP contribution in [0.4, 0.5) is 5.69 Å². The molecule has 0 saturated carbocycles. The van der Waals surface area contributed by atoms with Gasteiger partial charge in [0.15, 0.2) is 0 Å². The van der Waals surface area contributed by atoms with Crippen LogP contribution in [0.25, 0.3) is 0 Å². The Hall–Kier alpha value is -3.25. The van der Waals surface area contributed by atoms with E-state index in [1.54, 1.807) is 32.3 Å². The molecular formula is C16H15N5O4. The Morgan fingerprint density at radius 2 is 2.28 bits per heavy atom. The SMILES string of the molecule is CC1(C)Oc2ccc([N+](=O)[O-])cc2[C@@H](n2cccnc2=NC#N)[C@@H]1O. The van der Waals surface area contributed by atoms with E-state index in [4.69, 9.17) is 10.00 Å². The van der Waals surface area contributed by atoms with Crippen molar-refractivity contribution in [3.05, 3.63) is 58.0 Å². The largest absolute Gasteiger partial charge is 0.485 e. The highest BCUT2D eigenvalue weighted by molar-refractivity contribution is 5.48. The summed E-state index contributed by atoms with van der Waals surface area (Å²) in [5.41, 5.74) is -0.569. The van der Waals surface area contributed by atoms with Gasteiger partial charge in [0.2, 0.25) is 11.8 Å². The van der Waals surface area contributed by atoms with Gasteiger partial charge < -0.3 is 14.4 Å². The molecular weight excluding hydrogens is 326 g/mol. The Kier molecular flexibility index (Phi) is 3.98. The summed E-state index contributed by atoms with van der Waals surface area (Å²) >= 11 is 0. The fraction of sp³-hybridized carbons (Fsp3) is 0.312. The first-order valence-electron chi connectivity index (χ1n) is 7.46. The van der Waals surface area contributed by atoms with Crippen molar-refractivity contribution in [3.8, 4) is 11.9 Å². The predicted octanol–water partition coefficient (Wildman–Crippen LogP) is 1.29. The number of aliphatic hydroxyl groups excluding tert-OH is 1. The molecule has 0 spiro atoms. The zero-order valence-corrected chi connectivity index (χ0v) is 13.5. The minimum atomic E-state index is -1.05. The molecule has 1 aliphatic rings. The van der Waals surface area contributed by atoms with E-state index in [-0.39, 0.29) is 11.3 Å². The number of ether oxygens (including phenoxy) is 1. The molecule has 0 bridgehead atoms. The van der Waals surface area contributed by atoms with Crippen LogP contribution in [0.1, 0.15) is 25.5 Å². The van der Waals surface area contributed by atoms with Gasteiger partial charge in [-0.3, -0.25) is 10.1 Å². The number of hydrogen-bond acceptors (Lipinski definition) is 7. The van der Waals surface area contributed by atoms with E-state index in [1.165, 1.54) is 29.0 Å². The average molecular weight is 341 g/mol. The van der Waals surface area contributed by atoms with Crippen LogP contribution in [0.5, 0.6) is 5.75 Å². The average Bonchev–Trinajstić information content (AvgIpc) is 2.56. The first-order chi connectivity index (χ1) is 11.8. The quantitative estimate of drug-likeness (QED) is 0.498. The molecule has 1 aromatic carbocycles. The highest BCUT2D eigenvalue weighted by Crippen LogP contribution is 2.42. The smallest absolute Gasteiger partial charge is 0.270 e. The van der Waals surface area contributed by atoms with Crippen LogP contribution in [0.15, 0.2) is 41.7 Å². The van der Waals surface area contributed by atoms with Gasteiger partial charge in [-0.25, -0.2) is 4.98 Å². The summed E-state index contributed by atoms with van der Waals surface area (Å²) in [6.07, 6.45) is 3.70. The number of nitrogens with zero attached hydrogens (tertiary/aromatic N) is 5. The zero-order chi connectivity index (χ0) is 18.2. The number of benzene rings is 1. The standard InChI is InChI=1S/C16H15N5O4/c1-16(2)14(22)13(20-7-3-6-18-15(20)19-9-17)11-8-10(21(23)24)4-5-12(11)25-16/h3-8,13-14,22H,1-2H3/t13-,14+/m1/s1. The number of aliphatic hydroxyl groups is 1. The van der Waals surface area contributed by atoms with Gasteiger partial charge in [0.25, 0.3) is 5.69 Å². The van der Waals surface area contributed by atoms with Gasteiger partial charge in [-0.15, -0.1) is 4.99 Å². The first-order valence-corrected chi connectivity index (χ1v) is 7.46. The van der Waals surface area contributed by atoms with Crippen LogP contribution in [-0.2, 0) is 0 Å². The summed E-state index contributed by atoms with van der Waals surface area (Å²) in [7, 11) is 0. The minimum absolute atomic E-state index is 0.0872. The summed E-state index contributed by atoms with van der Waals surface area (Å²) in [4.78, 5) is 18.3. The Morgan fingerprint density at radius 3 is 2.96 bits per heavy atom. The van der Waals surface area contributed by atoms with Crippen LogP contribution >= 0.6 is 0 Å². The van der Waals surface area contributed by atoms with Crippen molar-refractivity contribution < 1.29 is 14.8 Å². The van der Waals surface area contributed by atoms with Gasteiger partial charge in [-0.05, 0) is 26.0 Å². The van der Waals surface area contributed by atoms with Crippen molar-refractivity contribution in [2.24, 2.45) is 4.99 Å². The Balaban J connectivity index is 2.29. The molecule has 0 fully saturated rings. The zero-order valence-electron chi connectivity index (χ0n) is 13.5. The van der Waals surface area contributed by atoms with Crippen molar-refractivity contribution in [3.63, 3.8) is 0 Å². The lowest BCUT2D eigenvalue weighted by molar-refractivity contribution is -0.385. The molecule has 2 heterocycles. The normalized spacial score (nSPS) is 21.8. The maximum atomic E-state index is 11.1. The molecule has 0 unspecified atom stereocenters. The van der Waals surface area contributed by atoms with Gasteiger partial charge >= 0.3 is 0 Å². The van der Waals surface area contributed by atoms with Gasteiger partial charge in [-0.2, -0.15) is 5.26 Å². The maximum absolute atomic E-state index is 11.1. The van der Waals surface area contributed by atoms with E-state index in [0.717, 1.165) is 0 Å². The fourth-order valence-corrected chi connectivity index (χ4v) is 2.89. The van der Waals surface area contributed by atoms with Gasteiger partial charge in [0.05, 0.1) is 11.0 Å². The van der Waals surface area contributed by atoms with Gasteiger partial charge in [0, 0.05) is 30.1 Å². The monoisotopic (exact) mass is 341 g/mol. The molecule has 3 rings (SSSR count). The van der Waals surface area contributed by atoms with Crippen molar-refractivity contribution >= 4 is 5.69 Å². The molecule has 25 heavy (non-hydrogen) atoms. The Morgan fingerprint density at radius 1 is 1.52 bits per heavy atom. The molecule has 1 aliphatic heterocycles. The van der Waals surface area contributed by atoms with E-state index < -0.39 is 22.7 Å². The fourth-order valence-electron chi connectivity index (χ4n) is 2.89. The summed E-state index contributed by atoms with van der Waals surface area (Å²) in [6, 6.07) is 5.08. The van der Waals surface area contributed by atoms with E-state index in [1.807, 2.05) is 0 Å². The second-order valence-electron chi connectivity index (χ2n) is 6.11. The van der Waals surface area contributed by atoms with Crippen LogP contribution in [0.3, 0.4) is 0 Å². The van der Waals surface area contributed by atoms with Crippen molar-refractivity contribution in [2.45, 2.75) is 31.6 Å². The van der Waals surface area contributed by atoms with Crippen molar-refractivity contribution in [1.29, 1.82) is 5.26 Å². The third kappa shape index (κ3) is 2.83. The summed E-state index contributed by atoms with van der Waals surface area (Å²) < 4.78 is 7.33. The topological polar surface area (TPSA) is 127 Å². The summed E-state index contributed by atoms with van der Waals surface area (Å²) in [5.74, 6) is 0.421. The van der Waals surface area contributed by atoms with Gasteiger partial charge in [-0.1, -0.05) is 0 Å². The second-order valence-corrected chi connectivity index (χ2v) is 6.11. The molecule has 0 radical (unpaired) electrons. The van der Waals surface area contributed by atoms with Crippen LogP contribution < -0.4 is 10.4 Å². The molecule has 0 saturated heterocycles. The van der Waals surface area contributed by atoms with Crippen molar-refractivity contribution in [2.75, 3.05) is 0 Å². The number of aromatic nitrogens is 2. The molecule has 0 amide bonds. The van der Waals surface area contributed by atoms with Crippen LogP contribution in [0, 0.1) is 21.6 Å². The Bertz CT molecular complexity index is 944. The lowest BCUT2D eigenvalue weighted by Crippen LogP contribution is -2.52. The second kappa shape index (κ2) is 5.99. The number of nitro groups is 1. The molecule has 2 aromatic rings. The summed E-state index contributed by atoms with van der Waals surface area (Å²) in [6.45, 7) is 3.43. The van der Waals surface area contributed by atoms with Gasteiger partial charge in [0.1, 0.15) is 17.5 Å². The maximum Gasteiger partial charge on any atom is 0.270 e. The molecule has 128 valence electrons. The highest BCUT2D eigenvalue weighted by atomic mass is 16.6. The third-order valence-corrected chi connectivity index (χ3v) is 4.11. The third-order valence-electron chi connectivity index (χ3n) is 4.11. The molecule has 0 aliphatic carbocycles. The molecule has 1 aromatic heterocycles. The summed E-state index contributed by atoms with van der Waals surface area (Å²) in [5, 5.41) is 30.9. The van der Waals surface area contributed by atoms with E-state index >= 15 is 0 Å². The lowest BCUT2D eigenvalue weighted by atomic mass is 9.86. The highest BCUT2D eigenvalue weighted by Gasteiger charge is 2.44. The van der Waals surface area contributed by atoms with E-state index in [2.05, 4.69) is 9.98 Å². The molecule has 2 atom stereocenters. The van der Waals surface area contributed by atoms with E-state index in [0.29, 0.717) is 11.3 Å². The molecule has 9 nitrogen and oxygen atoms in total. The van der Waals surface area contributed by atoms with Crippen molar-refractivity contribution in [1.82, 2.24) is 9.55 Å². The number of hydrogen-bond donors (Lipinski definition) is 1. The Labute approximate surface area is 142 Å². The molecule has 1 N–H and O–H groups in total.